The van der Waals surface area contributed by atoms with E-state index in [0.717, 1.165) is 28.7 Å². The van der Waals surface area contributed by atoms with Crippen LogP contribution in [-0.2, 0) is 10.2 Å². The van der Waals surface area contributed by atoms with E-state index in [0.29, 0.717) is 11.3 Å². The second-order valence-corrected chi connectivity index (χ2v) is 9.15. The van der Waals surface area contributed by atoms with Crippen molar-refractivity contribution >= 4 is 23.1 Å². The van der Waals surface area contributed by atoms with Crippen molar-refractivity contribution in [3.63, 3.8) is 0 Å². The van der Waals surface area contributed by atoms with E-state index < -0.39 is 18.0 Å². The smallest absolute Gasteiger partial charge is 0.335 e. The molecule has 1 unspecified atom stereocenters. The number of benzene rings is 3. The van der Waals surface area contributed by atoms with Crippen molar-refractivity contribution < 1.29 is 19.8 Å². The molecule has 4 rings (SSSR count). The van der Waals surface area contributed by atoms with Crippen LogP contribution in [0.4, 0.5) is 5.69 Å². The number of aliphatic hydroxyl groups is 1. The van der Waals surface area contributed by atoms with Crippen LogP contribution in [0.2, 0.25) is 0 Å². The molecule has 0 aromatic heterocycles. The first-order valence-corrected chi connectivity index (χ1v) is 10.9. The summed E-state index contributed by atoms with van der Waals surface area (Å²) in [6.45, 7) is 6.39. The lowest BCUT2D eigenvalue weighted by atomic mass is 9.71. The number of hydrogen-bond acceptors (Lipinski definition) is 3. The van der Waals surface area contributed by atoms with Crippen LogP contribution < -0.4 is 5.32 Å². The first kappa shape index (κ1) is 22.5. The summed E-state index contributed by atoms with van der Waals surface area (Å²) >= 11 is 0. The molecule has 0 aliphatic heterocycles. The van der Waals surface area contributed by atoms with Gasteiger partial charge >= 0.3 is 5.97 Å². The second-order valence-electron chi connectivity index (χ2n) is 9.15. The lowest BCUT2D eigenvalue weighted by Crippen LogP contribution is -2.24. The average Bonchev–Trinajstić information content (AvgIpc) is 2.79. The molecule has 0 saturated carbocycles. The van der Waals surface area contributed by atoms with Gasteiger partial charge < -0.3 is 15.5 Å². The second kappa shape index (κ2) is 8.68. The Balaban J connectivity index is 1.60. The first-order chi connectivity index (χ1) is 15.7. The van der Waals surface area contributed by atoms with Crippen molar-refractivity contribution in [2.75, 3.05) is 5.32 Å². The predicted molar refractivity (Wildman–Crippen MR) is 129 cm³/mol. The van der Waals surface area contributed by atoms with Crippen molar-refractivity contribution in [2.24, 2.45) is 0 Å². The number of amides is 1. The summed E-state index contributed by atoms with van der Waals surface area (Å²) in [5, 5.41) is 22.4. The number of hydrogen-bond donors (Lipinski definition) is 3. The van der Waals surface area contributed by atoms with Gasteiger partial charge in [0.25, 0.3) is 5.91 Å². The minimum absolute atomic E-state index is 0.128. The number of aromatic carboxylic acids is 1. The van der Waals surface area contributed by atoms with E-state index in [9.17, 15) is 14.7 Å². The summed E-state index contributed by atoms with van der Waals surface area (Å²) in [7, 11) is 0. The van der Waals surface area contributed by atoms with Gasteiger partial charge in [0.05, 0.1) is 5.56 Å². The molecule has 5 heteroatoms. The van der Waals surface area contributed by atoms with Crippen molar-refractivity contribution in [1.82, 2.24) is 0 Å². The highest BCUT2D eigenvalue weighted by atomic mass is 16.4. The maximum absolute atomic E-state index is 12.7. The Labute approximate surface area is 193 Å². The zero-order valence-corrected chi connectivity index (χ0v) is 18.9. The molecule has 0 bridgehead atoms. The monoisotopic (exact) mass is 441 g/mol. The van der Waals surface area contributed by atoms with Crippen molar-refractivity contribution in [3.05, 3.63) is 106 Å². The van der Waals surface area contributed by atoms with Crippen LogP contribution in [0.15, 0.2) is 72.8 Å². The van der Waals surface area contributed by atoms with Gasteiger partial charge in [0.2, 0.25) is 0 Å². The number of aliphatic hydroxyl groups excluding tert-OH is 1. The Morgan fingerprint density at radius 1 is 0.970 bits per heavy atom. The molecule has 0 radical (unpaired) electrons. The van der Waals surface area contributed by atoms with Crippen LogP contribution in [-0.4, -0.2) is 22.1 Å². The van der Waals surface area contributed by atoms with Crippen LogP contribution in [0.1, 0.15) is 64.5 Å². The number of nitrogens with one attached hydrogen (secondary N) is 1. The summed E-state index contributed by atoms with van der Waals surface area (Å²) in [6, 6.07) is 20.0. The van der Waals surface area contributed by atoms with Crippen LogP contribution in [0.3, 0.4) is 0 Å². The van der Waals surface area contributed by atoms with E-state index in [1.807, 2.05) is 12.1 Å². The molecule has 0 spiro atoms. The molecule has 3 N–H and O–H groups in total. The van der Waals surface area contributed by atoms with Crippen LogP contribution in [0.5, 0.6) is 0 Å². The van der Waals surface area contributed by atoms with Crippen molar-refractivity contribution in [3.8, 4) is 0 Å². The van der Waals surface area contributed by atoms with Gasteiger partial charge in [0.15, 0.2) is 6.10 Å². The molecule has 1 atom stereocenters. The summed E-state index contributed by atoms with van der Waals surface area (Å²) < 4.78 is 0. The number of allylic oxidation sites excluding steroid dienone is 1. The van der Waals surface area contributed by atoms with Crippen molar-refractivity contribution in [1.29, 1.82) is 0 Å². The van der Waals surface area contributed by atoms with Gasteiger partial charge in [-0.15, -0.1) is 0 Å². The third kappa shape index (κ3) is 4.59. The highest BCUT2D eigenvalue weighted by Gasteiger charge is 2.30. The molecule has 1 aliphatic carbocycles. The minimum Gasteiger partial charge on any atom is -0.478 e. The molecule has 0 fully saturated rings. The Bertz CT molecular complexity index is 1240. The Morgan fingerprint density at radius 2 is 1.64 bits per heavy atom. The van der Waals surface area contributed by atoms with Gasteiger partial charge in [-0.05, 0) is 70.9 Å². The van der Waals surface area contributed by atoms with Gasteiger partial charge in [-0.1, -0.05) is 68.0 Å². The molecule has 0 saturated heterocycles. The van der Waals surface area contributed by atoms with Gasteiger partial charge in [0.1, 0.15) is 0 Å². The summed E-state index contributed by atoms with van der Waals surface area (Å²) in [5.41, 5.74) is 6.65. The largest absolute Gasteiger partial charge is 0.478 e. The third-order valence-electron chi connectivity index (χ3n) is 6.21. The van der Waals surface area contributed by atoms with E-state index in [4.69, 9.17) is 5.11 Å². The predicted octanol–water partition coefficient (Wildman–Crippen LogP) is 5.48. The molecular formula is C28H27NO4. The highest BCUT2D eigenvalue weighted by Crippen LogP contribution is 2.42. The van der Waals surface area contributed by atoms with Crippen LogP contribution in [0.25, 0.3) is 5.57 Å². The van der Waals surface area contributed by atoms with Crippen LogP contribution in [0, 0.1) is 6.92 Å². The van der Waals surface area contributed by atoms with Crippen LogP contribution >= 0.6 is 0 Å². The molecule has 1 aliphatic rings. The van der Waals surface area contributed by atoms with E-state index in [2.05, 4.69) is 56.4 Å². The van der Waals surface area contributed by atoms with Crippen molar-refractivity contribution in [2.45, 2.75) is 38.7 Å². The minimum atomic E-state index is -1.35. The van der Waals surface area contributed by atoms with E-state index in [1.165, 1.54) is 29.8 Å². The molecule has 168 valence electrons. The maximum atomic E-state index is 12.7. The first-order valence-electron chi connectivity index (χ1n) is 10.9. The van der Waals surface area contributed by atoms with Gasteiger partial charge in [-0.25, -0.2) is 4.79 Å². The topological polar surface area (TPSA) is 86.6 Å². The normalized spacial score (nSPS) is 15.2. The van der Waals surface area contributed by atoms with Gasteiger partial charge in [-0.3, -0.25) is 4.79 Å². The standard InChI is InChI=1S/C28H27NO4/c1-17-4-6-18(7-5-17)22-14-15-28(2,3)24-16-20(10-13-23(22)24)25(30)26(31)29-21-11-8-19(9-12-21)27(32)33/h4-14,16,25,30H,15H2,1-3H3,(H,29,31)(H,32,33). The molecule has 1 amide bonds. The Hall–Kier alpha value is -3.70. The number of rotatable bonds is 5. The number of aryl methyl sites for hydroxylation is 1. The fourth-order valence-corrected chi connectivity index (χ4v) is 4.17. The zero-order chi connectivity index (χ0) is 23.8. The van der Waals surface area contributed by atoms with E-state index >= 15 is 0 Å². The summed E-state index contributed by atoms with van der Waals surface area (Å²) in [6.07, 6.45) is 1.76. The molecule has 33 heavy (non-hydrogen) atoms. The number of carboxylic acids is 1. The summed E-state index contributed by atoms with van der Waals surface area (Å²) in [4.78, 5) is 23.7. The maximum Gasteiger partial charge on any atom is 0.335 e. The highest BCUT2D eigenvalue weighted by molar-refractivity contribution is 5.95. The van der Waals surface area contributed by atoms with E-state index in [1.54, 1.807) is 6.07 Å². The Morgan fingerprint density at radius 3 is 2.27 bits per heavy atom. The number of carbonyl (C=O) groups is 2. The zero-order valence-electron chi connectivity index (χ0n) is 18.9. The number of carboxylic acid groups (broad SMARTS) is 1. The average molecular weight is 442 g/mol. The SMILES string of the molecule is Cc1ccc(C2=CCC(C)(C)c3cc(C(O)C(=O)Nc4ccc(C(=O)O)cc4)ccc32)cc1. The molecule has 3 aromatic carbocycles. The third-order valence-corrected chi connectivity index (χ3v) is 6.21. The Kier molecular flexibility index (Phi) is 5.91. The quantitative estimate of drug-likeness (QED) is 0.489. The molecule has 0 heterocycles. The van der Waals surface area contributed by atoms with Gasteiger partial charge in [0, 0.05) is 5.69 Å². The fraction of sp³-hybridized carbons (Fsp3) is 0.214. The lowest BCUT2D eigenvalue weighted by Gasteiger charge is -2.33. The van der Waals surface area contributed by atoms with Gasteiger partial charge in [-0.2, -0.15) is 0 Å². The summed E-state index contributed by atoms with van der Waals surface area (Å²) in [5.74, 6) is -1.61. The fourth-order valence-electron chi connectivity index (χ4n) is 4.17. The van der Waals surface area contributed by atoms with E-state index in [-0.39, 0.29) is 11.0 Å². The number of carbonyl (C=O) groups excluding carboxylic acids is 1. The number of anilines is 1. The number of fused-ring (bicyclic) bond motifs is 1. The molecular weight excluding hydrogens is 414 g/mol. The molecule has 3 aromatic rings. The lowest BCUT2D eigenvalue weighted by molar-refractivity contribution is -0.124. The molecule has 5 nitrogen and oxygen atoms in total.